The van der Waals surface area contributed by atoms with Gasteiger partial charge in [0.1, 0.15) is 11.8 Å². The highest BCUT2D eigenvalue weighted by molar-refractivity contribution is 5.71. The average Bonchev–Trinajstić information content (AvgIpc) is 2.14. The van der Waals surface area contributed by atoms with Crippen molar-refractivity contribution in [3.05, 3.63) is 28.6 Å². The molecule has 0 spiro atoms. The van der Waals surface area contributed by atoms with Crippen LogP contribution in [0, 0.1) is 18.3 Å². The van der Waals surface area contributed by atoms with Crippen LogP contribution in [0.2, 0.25) is 0 Å². The van der Waals surface area contributed by atoms with Crippen molar-refractivity contribution in [1.29, 1.82) is 5.26 Å². The summed E-state index contributed by atoms with van der Waals surface area (Å²) in [6.45, 7) is 1.33. The number of hydrogen-bond donors (Lipinski definition) is 1. The smallest absolute Gasteiger partial charge is 0.307 e. The minimum absolute atomic E-state index is 0.00898. The van der Waals surface area contributed by atoms with Crippen molar-refractivity contribution < 1.29 is 18.7 Å². The fourth-order valence-corrected chi connectivity index (χ4v) is 1.41. The van der Waals surface area contributed by atoms with Gasteiger partial charge in [-0.3, -0.25) is 4.79 Å². The molecule has 0 bridgehead atoms. The van der Waals surface area contributed by atoms with Crippen LogP contribution in [0.1, 0.15) is 28.9 Å². The molecule has 6 heteroatoms. The Kier molecular flexibility index (Phi) is 3.51. The summed E-state index contributed by atoms with van der Waals surface area (Å²) in [6, 6.07) is 2.78. The van der Waals surface area contributed by atoms with Crippen molar-refractivity contribution >= 4 is 5.97 Å². The molecule has 1 rings (SSSR count). The minimum Gasteiger partial charge on any atom is -0.481 e. The Labute approximate surface area is 90.2 Å². The van der Waals surface area contributed by atoms with E-state index in [4.69, 9.17) is 10.4 Å². The normalized spacial score (nSPS) is 10.2. The van der Waals surface area contributed by atoms with Crippen molar-refractivity contribution in [1.82, 2.24) is 4.98 Å². The summed E-state index contributed by atoms with van der Waals surface area (Å²) >= 11 is 0. The van der Waals surface area contributed by atoms with E-state index in [0.29, 0.717) is 0 Å². The fourth-order valence-electron chi connectivity index (χ4n) is 1.41. The van der Waals surface area contributed by atoms with Crippen LogP contribution in [0.5, 0.6) is 0 Å². The third kappa shape index (κ3) is 2.51. The Morgan fingerprint density at radius 2 is 2.31 bits per heavy atom. The number of nitrogens with zero attached hydrogens (tertiary/aromatic N) is 2. The Hall–Kier alpha value is -2.03. The fraction of sp³-hybridized carbons (Fsp3) is 0.300. The summed E-state index contributed by atoms with van der Waals surface area (Å²) in [5.41, 5.74) is -0.531. The van der Waals surface area contributed by atoms with E-state index in [1.54, 1.807) is 6.07 Å². The summed E-state index contributed by atoms with van der Waals surface area (Å²) in [4.78, 5) is 14.2. The average molecular weight is 226 g/mol. The van der Waals surface area contributed by atoms with Crippen molar-refractivity contribution in [2.24, 2.45) is 0 Å². The molecule has 1 heterocycles. The van der Waals surface area contributed by atoms with E-state index in [1.807, 2.05) is 0 Å². The van der Waals surface area contributed by atoms with Gasteiger partial charge in [0.05, 0.1) is 6.42 Å². The maximum atomic E-state index is 12.7. The molecular weight excluding hydrogens is 218 g/mol. The largest absolute Gasteiger partial charge is 0.481 e. The van der Waals surface area contributed by atoms with Gasteiger partial charge in [-0.25, -0.2) is 13.8 Å². The van der Waals surface area contributed by atoms with E-state index < -0.39 is 24.4 Å². The number of carboxylic acid groups (broad SMARTS) is 1. The van der Waals surface area contributed by atoms with Gasteiger partial charge in [0.25, 0.3) is 6.43 Å². The van der Waals surface area contributed by atoms with E-state index in [9.17, 15) is 13.6 Å². The molecule has 0 saturated heterocycles. The maximum absolute atomic E-state index is 12.7. The first-order valence-electron chi connectivity index (χ1n) is 4.36. The molecule has 1 aromatic rings. The second-order valence-electron chi connectivity index (χ2n) is 3.15. The highest BCUT2D eigenvalue weighted by atomic mass is 19.3. The van der Waals surface area contributed by atoms with Gasteiger partial charge in [0, 0.05) is 11.3 Å². The van der Waals surface area contributed by atoms with E-state index in [-0.39, 0.29) is 17.0 Å². The minimum atomic E-state index is -2.80. The highest BCUT2D eigenvalue weighted by Gasteiger charge is 2.19. The number of nitriles is 1. The topological polar surface area (TPSA) is 74.0 Å². The maximum Gasteiger partial charge on any atom is 0.307 e. The molecule has 1 aromatic heterocycles. The molecular formula is C10H8F2N2O2. The van der Waals surface area contributed by atoms with E-state index in [0.717, 1.165) is 6.07 Å². The zero-order valence-corrected chi connectivity index (χ0v) is 8.37. The number of carbonyl (C=O) groups is 1. The van der Waals surface area contributed by atoms with Gasteiger partial charge >= 0.3 is 5.97 Å². The Bertz CT molecular complexity index is 467. The monoisotopic (exact) mass is 226 g/mol. The van der Waals surface area contributed by atoms with E-state index >= 15 is 0 Å². The predicted molar refractivity (Wildman–Crippen MR) is 50.0 cm³/mol. The summed E-state index contributed by atoms with van der Waals surface area (Å²) in [6.07, 6.45) is -3.34. The van der Waals surface area contributed by atoms with Gasteiger partial charge < -0.3 is 5.11 Å². The van der Waals surface area contributed by atoms with Gasteiger partial charge in [-0.1, -0.05) is 0 Å². The number of aromatic nitrogens is 1. The van der Waals surface area contributed by atoms with Gasteiger partial charge in [-0.2, -0.15) is 5.26 Å². The van der Waals surface area contributed by atoms with Crippen LogP contribution in [0.3, 0.4) is 0 Å². The third-order valence-corrected chi connectivity index (χ3v) is 2.01. The van der Waals surface area contributed by atoms with Crippen LogP contribution >= 0.6 is 0 Å². The second-order valence-corrected chi connectivity index (χ2v) is 3.15. The van der Waals surface area contributed by atoms with Crippen LogP contribution in [0.15, 0.2) is 6.07 Å². The van der Waals surface area contributed by atoms with Crippen LogP contribution in [0.25, 0.3) is 0 Å². The number of pyridine rings is 1. The number of carboxylic acids is 1. The molecule has 84 valence electrons. The molecule has 0 saturated carbocycles. The summed E-state index contributed by atoms with van der Waals surface area (Å²) < 4.78 is 25.3. The number of aryl methyl sites for hydroxylation is 1. The zero-order valence-electron chi connectivity index (χ0n) is 8.37. The van der Waals surface area contributed by atoms with Crippen molar-refractivity contribution in [2.45, 2.75) is 19.8 Å². The van der Waals surface area contributed by atoms with Crippen molar-refractivity contribution in [3.63, 3.8) is 0 Å². The third-order valence-electron chi connectivity index (χ3n) is 2.01. The van der Waals surface area contributed by atoms with Crippen molar-refractivity contribution in [2.75, 3.05) is 0 Å². The molecule has 1 N–H and O–H groups in total. The molecule has 0 aromatic carbocycles. The number of alkyl halides is 2. The second kappa shape index (κ2) is 4.66. The lowest BCUT2D eigenvalue weighted by atomic mass is 10.0. The Morgan fingerprint density at radius 1 is 1.69 bits per heavy atom. The number of hydrogen-bond acceptors (Lipinski definition) is 3. The summed E-state index contributed by atoms with van der Waals surface area (Å²) in [5, 5.41) is 17.2. The molecule has 0 aliphatic carbocycles. The van der Waals surface area contributed by atoms with Crippen molar-refractivity contribution in [3.8, 4) is 6.07 Å². The molecule has 16 heavy (non-hydrogen) atoms. The first-order chi connectivity index (χ1) is 7.45. The SMILES string of the molecule is Cc1nc(C#N)cc(CC(=O)O)c1C(F)F. The first kappa shape index (κ1) is 12.0. The van der Waals surface area contributed by atoms with Crippen LogP contribution < -0.4 is 0 Å². The van der Waals surface area contributed by atoms with Crippen LogP contribution in [-0.4, -0.2) is 16.1 Å². The Morgan fingerprint density at radius 3 is 2.75 bits per heavy atom. The van der Waals surface area contributed by atoms with Gasteiger partial charge in [-0.05, 0) is 18.6 Å². The van der Waals surface area contributed by atoms with E-state index in [2.05, 4.69) is 4.98 Å². The number of rotatable bonds is 3. The van der Waals surface area contributed by atoms with Gasteiger partial charge in [0.15, 0.2) is 0 Å². The summed E-state index contributed by atoms with van der Waals surface area (Å²) in [7, 11) is 0. The molecule has 0 unspecified atom stereocenters. The number of halogens is 2. The Balaban J connectivity index is 3.35. The molecule has 0 amide bonds. The zero-order chi connectivity index (χ0) is 12.3. The standard InChI is InChI=1S/C10H8F2N2O2/c1-5-9(10(11)12)6(3-8(15)16)2-7(4-13)14-5/h2,10H,3H2,1H3,(H,15,16). The van der Waals surface area contributed by atoms with Gasteiger partial charge in [0.2, 0.25) is 0 Å². The number of aliphatic carboxylic acids is 1. The molecule has 0 fully saturated rings. The quantitative estimate of drug-likeness (QED) is 0.853. The van der Waals surface area contributed by atoms with Crippen LogP contribution in [0.4, 0.5) is 8.78 Å². The molecule has 0 radical (unpaired) electrons. The molecule has 0 aliphatic rings. The highest BCUT2D eigenvalue weighted by Crippen LogP contribution is 2.26. The predicted octanol–water partition coefficient (Wildman–Crippen LogP) is 1.83. The lowest BCUT2D eigenvalue weighted by Crippen LogP contribution is -2.08. The molecule has 4 nitrogen and oxygen atoms in total. The molecule has 0 aliphatic heterocycles. The van der Waals surface area contributed by atoms with Crippen LogP contribution in [-0.2, 0) is 11.2 Å². The molecule has 0 atom stereocenters. The summed E-state index contributed by atoms with van der Waals surface area (Å²) in [5.74, 6) is -1.23. The lowest BCUT2D eigenvalue weighted by Gasteiger charge is -2.09. The van der Waals surface area contributed by atoms with E-state index in [1.165, 1.54) is 6.92 Å². The first-order valence-corrected chi connectivity index (χ1v) is 4.36. The lowest BCUT2D eigenvalue weighted by molar-refractivity contribution is -0.136. The van der Waals surface area contributed by atoms with Gasteiger partial charge in [-0.15, -0.1) is 0 Å².